The van der Waals surface area contributed by atoms with Crippen LogP contribution in [0.3, 0.4) is 0 Å². The average Bonchev–Trinajstić information content (AvgIpc) is 3.18. The van der Waals surface area contributed by atoms with Crippen LogP contribution >= 0.6 is 0 Å². The van der Waals surface area contributed by atoms with Gasteiger partial charge in [-0.1, -0.05) is 12.1 Å². The van der Waals surface area contributed by atoms with Crippen LogP contribution in [0.15, 0.2) is 51.7 Å². The van der Waals surface area contributed by atoms with Gasteiger partial charge in [0.2, 0.25) is 0 Å². The highest BCUT2D eigenvalue weighted by Gasteiger charge is 2.32. The van der Waals surface area contributed by atoms with Gasteiger partial charge in [-0.15, -0.1) is 0 Å². The Morgan fingerprint density at radius 1 is 1.04 bits per heavy atom. The van der Waals surface area contributed by atoms with Gasteiger partial charge in [-0.25, -0.2) is 9.36 Å². The molecule has 1 fully saturated rings. The van der Waals surface area contributed by atoms with E-state index in [2.05, 4.69) is 12.1 Å². The highest BCUT2D eigenvalue weighted by Crippen LogP contribution is 2.33. The normalized spacial score (nSPS) is 22.1. The first kappa shape index (κ1) is 16.4. The van der Waals surface area contributed by atoms with Crippen LogP contribution in [0.1, 0.15) is 30.9 Å². The zero-order chi connectivity index (χ0) is 18.2. The number of quaternary nitrogens is 1. The van der Waals surface area contributed by atoms with E-state index in [1.165, 1.54) is 10.5 Å². The van der Waals surface area contributed by atoms with E-state index in [1.54, 1.807) is 4.57 Å². The van der Waals surface area contributed by atoms with Crippen LogP contribution in [0.2, 0.25) is 0 Å². The topological polar surface area (TPSA) is 58.0 Å². The van der Waals surface area contributed by atoms with E-state index in [1.807, 2.05) is 30.3 Å². The van der Waals surface area contributed by atoms with Gasteiger partial charge in [-0.05, 0) is 30.3 Å². The first-order valence-electron chi connectivity index (χ1n) is 9.62. The number of benzene rings is 2. The molecule has 3 heterocycles. The van der Waals surface area contributed by atoms with E-state index < -0.39 is 0 Å². The van der Waals surface area contributed by atoms with Crippen LogP contribution < -0.4 is 20.1 Å². The highest BCUT2D eigenvalue weighted by molar-refractivity contribution is 5.72. The second kappa shape index (κ2) is 6.78. The van der Waals surface area contributed by atoms with Crippen molar-refractivity contribution in [1.82, 2.24) is 4.57 Å². The number of rotatable bonds is 3. The molecular formula is C21H23N2O4+. The minimum absolute atomic E-state index is 0.284. The molecule has 27 heavy (non-hydrogen) atoms. The van der Waals surface area contributed by atoms with Gasteiger partial charge in [0, 0.05) is 24.8 Å². The van der Waals surface area contributed by atoms with Crippen molar-refractivity contribution in [2.24, 2.45) is 0 Å². The Balaban J connectivity index is 1.44. The van der Waals surface area contributed by atoms with Gasteiger partial charge in [0.1, 0.15) is 6.04 Å². The maximum absolute atomic E-state index is 12.3. The summed E-state index contributed by atoms with van der Waals surface area (Å²) in [6, 6.07) is 14.2. The molecule has 6 heteroatoms. The number of hydrogen-bond acceptors (Lipinski definition) is 4. The monoisotopic (exact) mass is 367 g/mol. The second-order valence-electron chi connectivity index (χ2n) is 7.28. The Bertz CT molecular complexity index is 1020. The lowest BCUT2D eigenvalue weighted by molar-refractivity contribution is -0.940. The zero-order valence-corrected chi connectivity index (χ0v) is 15.1. The maximum atomic E-state index is 12.3. The van der Waals surface area contributed by atoms with Crippen LogP contribution in [0.25, 0.3) is 11.1 Å². The van der Waals surface area contributed by atoms with Crippen molar-refractivity contribution in [3.63, 3.8) is 0 Å². The van der Waals surface area contributed by atoms with Gasteiger partial charge >= 0.3 is 5.76 Å². The summed E-state index contributed by atoms with van der Waals surface area (Å²) >= 11 is 0. The lowest BCUT2D eigenvalue weighted by Gasteiger charge is -2.22. The molecule has 6 nitrogen and oxygen atoms in total. The van der Waals surface area contributed by atoms with Crippen LogP contribution in [0.5, 0.6) is 11.5 Å². The van der Waals surface area contributed by atoms with Gasteiger partial charge in [-0.3, -0.25) is 0 Å². The number of fused-ring (bicyclic) bond motifs is 2. The van der Waals surface area contributed by atoms with Crippen molar-refractivity contribution < 1.29 is 18.8 Å². The van der Waals surface area contributed by atoms with Gasteiger partial charge in [-0.2, -0.15) is 0 Å². The quantitative estimate of drug-likeness (QED) is 0.771. The molecular weight excluding hydrogens is 344 g/mol. The number of aromatic nitrogens is 1. The van der Waals surface area contributed by atoms with Crippen molar-refractivity contribution in [2.45, 2.75) is 32.0 Å². The molecule has 2 aromatic carbocycles. The number of ether oxygens (including phenoxy) is 2. The third kappa shape index (κ3) is 3.00. The minimum atomic E-state index is -0.284. The molecule has 0 spiro atoms. The summed E-state index contributed by atoms with van der Waals surface area (Å²) in [4.78, 5) is 13.7. The smallest absolute Gasteiger partial charge is 0.424 e. The van der Waals surface area contributed by atoms with Gasteiger partial charge < -0.3 is 18.8 Å². The second-order valence-corrected chi connectivity index (χ2v) is 7.28. The third-order valence-corrected chi connectivity index (χ3v) is 5.59. The van der Waals surface area contributed by atoms with Gasteiger partial charge in [0.05, 0.1) is 25.3 Å². The van der Waals surface area contributed by atoms with Crippen molar-refractivity contribution >= 4 is 11.1 Å². The van der Waals surface area contributed by atoms with E-state index in [0.29, 0.717) is 31.5 Å². The number of nitrogens with zero attached hydrogens (tertiary/aromatic N) is 1. The average molecular weight is 367 g/mol. The molecule has 3 aromatic rings. The first-order chi connectivity index (χ1) is 13.3. The molecule has 0 bridgehead atoms. The fraction of sp³-hybridized carbons (Fsp3) is 0.381. The molecule has 0 amide bonds. The SMILES string of the molecule is O=c1oc2ccccc2n1C[NH+]1CCC[C@@H]1c1ccc2c(c1)OCCCO2. The summed E-state index contributed by atoms with van der Waals surface area (Å²) in [6.07, 6.45) is 3.14. The molecule has 1 saturated heterocycles. The van der Waals surface area contributed by atoms with Crippen LogP contribution in [-0.2, 0) is 6.67 Å². The molecule has 2 atom stereocenters. The number of oxazole rings is 1. The van der Waals surface area contributed by atoms with E-state index in [4.69, 9.17) is 13.9 Å². The molecule has 0 aliphatic carbocycles. The van der Waals surface area contributed by atoms with Crippen molar-refractivity contribution in [2.75, 3.05) is 19.8 Å². The summed E-state index contributed by atoms with van der Waals surface area (Å²) < 4.78 is 18.8. The minimum Gasteiger partial charge on any atom is -0.490 e. The highest BCUT2D eigenvalue weighted by atomic mass is 16.5. The summed E-state index contributed by atoms with van der Waals surface area (Å²) in [5.41, 5.74) is 2.75. The van der Waals surface area contributed by atoms with E-state index in [9.17, 15) is 4.79 Å². The van der Waals surface area contributed by atoms with Gasteiger partial charge in [0.25, 0.3) is 0 Å². The number of para-hydroxylation sites is 2. The van der Waals surface area contributed by atoms with E-state index in [-0.39, 0.29) is 5.76 Å². The molecule has 1 unspecified atom stereocenters. The largest absolute Gasteiger partial charge is 0.490 e. The maximum Gasteiger partial charge on any atom is 0.424 e. The Morgan fingerprint density at radius 3 is 2.81 bits per heavy atom. The van der Waals surface area contributed by atoms with Crippen LogP contribution in [-0.4, -0.2) is 24.3 Å². The summed E-state index contributed by atoms with van der Waals surface area (Å²) in [6.45, 7) is 3.03. The molecule has 2 aliphatic rings. The fourth-order valence-corrected chi connectivity index (χ4v) is 4.27. The Labute approximate surface area is 156 Å². The fourth-order valence-electron chi connectivity index (χ4n) is 4.27. The molecule has 5 rings (SSSR count). The zero-order valence-electron chi connectivity index (χ0n) is 15.1. The molecule has 140 valence electrons. The van der Waals surface area contributed by atoms with Crippen LogP contribution in [0, 0.1) is 0 Å². The lowest BCUT2D eigenvalue weighted by atomic mass is 10.0. The first-order valence-corrected chi connectivity index (χ1v) is 9.62. The Morgan fingerprint density at radius 2 is 1.89 bits per heavy atom. The molecule has 1 N–H and O–H groups in total. The summed E-state index contributed by atoms with van der Waals surface area (Å²) in [5.74, 6) is 1.38. The Hall–Kier alpha value is -2.73. The molecule has 2 aliphatic heterocycles. The van der Waals surface area contributed by atoms with E-state index in [0.717, 1.165) is 42.8 Å². The summed E-state index contributed by atoms with van der Waals surface area (Å²) in [7, 11) is 0. The number of hydrogen-bond donors (Lipinski definition) is 1. The predicted molar refractivity (Wildman–Crippen MR) is 100 cm³/mol. The van der Waals surface area contributed by atoms with Crippen molar-refractivity contribution in [1.29, 1.82) is 0 Å². The molecule has 0 saturated carbocycles. The number of nitrogens with one attached hydrogen (secondary N) is 1. The standard InChI is InChI=1S/C21H22N2O4/c24-21-23(17-5-1-2-7-18(17)27-21)14-22-10-3-6-16(22)15-8-9-19-20(13-15)26-12-4-11-25-19/h1-2,5,7-9,13,16H,3-4,6,10-12,14H2/p+1/t16-/m1/s1. The van der Waals surface area contributed by atoms with E-state index >= 15 is 0 Å². The van der Waals surface area contributed by atoms with Gasteiger partial charge in [0.15, 0.2) is 23.8 Å². The number of likely N-dealkylation sites (tertiary alicyclic amines) is 1. The lowest BCUT2D eigenvalue weighted by Crippen LogP contribution is -3.09. The van der Waals surface area contributed by atoms with Crippen molar-refractivity contribution in [3.8, 4) is 11.5 Å². The predicted octanol–water partition coefficient (Wildman–Crippen LogP) is 2.13. The molecule has 0 radical (unpaired) electrons. The molecule has 1 aromatic heterocycles. The Kier molecular flexibility index (Phi) is 4.13. The third-order valence-electron chi connectivity index (χ3n) is 5.59. The van der Waals surface area contributed by atoms with Crippen molar-refractivity contribution in [3.05, 3.63) is 58.6 Å². The summed E-state index contributed by atoms with van der Waals surface area (Å²) in [5, 5.41) is 0. The van der Waals surface area contributed by atoms with Crippen LogP contribution in [0.4, 0.5) is 0 Å².